The summed E-state index contributed by atoms with van der Waals surface area (Å²) in [5.41, 5.74) is 1.64. The van der Waals surface area contributed by atoms with E-state index in [1.54, 1.807) is 10.8 Å². The van der Waals surface area contributed by atoms with Crippen molar-refractivity contribution in [3.05, 3.63) is 29.8 Å². The van der Waals surface area contributed by atoms with Gasteiger partial charge in [0.1, 0.15) is 0 Å². The van der Waals surface area contributed by atoms with Gasteiger partial charge in [-0.05, 0) is 12.0 Å². The van der Waals surface area contributed by atoms with E-state index in [2.05, 4.69) is 24.3 Å². The van der Waals surface area contributed by atoms with E-state index in [1.807, 2.05) is 0 Å². The molecule has 0 unspecified atom stereocenters. The Morgan fingerprint density at radius 1 is 1.20 bits per heavy atom. The molecule has 0 nitrogen and oxygen atoms in total. The summed E-state index contributed by atoms with van der Waals surface area (Å²) >= 11 is 0. The third-order valence-corrected chi connectivity index (χ3v) is 4.34. The zero-order valence-corrected chi connectivity index (χ0v) is 7.55. The van der Waals surface area contributed by atoms with E-state index < -0.39 is 0 Å². The first-order valence-corrected chi connectivity index (χ1v) is 5.74. The molecule has 10 heavy (non-hydrogen) atoms. The Labute approximate surface area is 64.1 Å². The van der Waals surface area contributed by atoms with Crippen molar-refractivity contribution in [1.29, 1.82) is 0 Å². The highest BCUT2D eigenvalue weighted by atomic mass is 28.2. The largest absolute Gasteiger partial charge is 0.0638 e. The van der Waals surface area contributed by atoms with Crippen LogP contribution in [0.3, 0.4) is 0 Å². The first-order valence-electron chi connectivity index (χ1n) is 4.03. The van der Waals surface area contributed by atoms with Gasteiger partial charge in [0.2, 0.25) is 0 Å². The minimum Gasteiger partial charge on any atom is -0.0638 e. The Bertz CT molecular complexity index is 205. The van der Waals surface area contributed by atoms with E-state index in [4.69, 9.17) is 0 Å². The summed E-state index contributed by atoms with van der Waals surface area (Å²) in [5, 5.41) is 1.72. The molecule has 52 valence electrons. The van der Waals surface area contributed by atoms with Crippen LogP contribution < -0.4 is 5.19 Å². The average molecular weight is 148 g/mol. The fourth-order valence-corrected chi connectivity index (χ4v) is 3.48. The molecule has 0 N–H and O–H groups in total. The van der Waals surface area contributed by atoms with E-state index >= 15 is 0 Å². The molecular weight excluding hydrogens is 136 g/mol. The first-order chi connectivity index (χ1) is 4.97. The molecule has 0 aromatic heterocycles. The van der Waals surface area contributed by atoms with Crippen molar-refractivity contribution < 1.29 is 0 Å². The molecular formula is C9H12Si. The van der Waals surface area contributed by atoms with Crippen LogP contribution in [0.2, 0.25) is 6.04 Å². The third-order valence-electron chi connectivity index (χ3n) is 2.26. The second-order valence-electron chi connectivity index (χ2n) is 2.98. The maximum absolute atomic E-state index is 2.32. The summed E-state index contributed by atoms with van der Waals surface area (Å²) in [6, 6.07) is 10.5. The SMILES string of the molecule is c1ccc2c(c1)CCC[SiH2]2. The third kappa shape index (κ3) is 1.01. The molecule has 1 aliphatic heterocycles. The predicted molar refractivity (Wildman–Crippen MR) is 47.7 cm³/mol. The molecule has 1 heterocycles. The maximum Gasteiger partial charge on any atom is 0.0551 e. The van der Waals surface area contributed by atoms with E-state index in [0.717, 1.165) is 0 Å². The van der Waals surface area contributed by atoms with Crippen molar-refractivity contribution in [2.75, 3.05) is 0 Å². The number of aryl methyl sites for hydroxylation is 1. The van der Waals surface area contributed by atoms with E-state index in [-0.39, 0.29) is 9.52 Å². The Hall–Kier alpha value is -0.563. The van der Waals surface area contributed by atoms with Crippen LogP contribution in [0.5, 0.6) is 0 Å². The van der Waals surface area contributed by atoms with Crippen molar-refractivity contribution in [2.24, 2.45) is 0 Å². The second-order valence-corrected chi connectivity index (χ2v) is 4.94. The molecule has 0 amide bonds. The predicted octanol–water partition coefficient (Wildman–Crippen LogP) is 0.845. The molecule has 0 radical (unpaired) electrons. The van der Waals surface area contributed by atoms with Crippen molar-refractivity contribution in [3.63, 3.8) is 0 Å². The summed E-state index contributed by atoms with van der Waals surface area (Å²) in [7, 11) is 0.157. The minimum atomic E-state index is 0.157. The summed E-state index contributed by atoms with van der Waals surface area (Å²) in [5.74, 6) is 0. The fourth-order valence-electron chi connectivity index (χ4n) is 1.68. The smallest absolute Gasteiger partial charge is 0.0551 e. The van der Waals surface area contributed by atoms with Gasteiger partial charge in [-0.2, -0.15) is 0 Å². The van der Waals surface area contributed by atoms with Crippen LogP contribution in [0.25, 0.3) is 0 Å². The molecule has 0 aliphatic carbocycles. The van der Waals surface area contributed by atoms with Crippen molar-refractivity contribution in [2.45, 2.75) is 18.9 Å². The van der Waals surface area contributed by atoms with Gasteiger partial charge in [-0.3, -0.25) is 0 Å². The number of fused-ring (bicyclic) bond motifs is 1. The molecule has 0 atom stereocenters. The highest BCUT2D eigenvalue weighted by Crippen LogP contribution is 2.08. The van der Waals surface area contributed by atoms with Gasteiger partial charge in [-0.1, -0.05) is 41.9 Å². The molecule has 0 spiro atoms. The number of benzene rings is 1. The lowest BCUT2D eigenvalue weighted by atomic mass is 10.1. The highest BCUT2D eigenvalue weighted by Gasteiger charge is 2.06. The molecule has 0 saturated heterocycles. The summed E-state index contributed by atoms with van der Waals surface area (Å²) in [4.78, 5) is 0. The Balaban J connectivity index is 2.41. The van der Waals surface area contributed by atoms with Gasteiger partial charge < -0.3 is 0 Å². The lowest BCUT2D eigenvalue weighted by Crippen LogP contribution is -2.23. The van der Waals surface area contributed by atoms with Gasteiger partial charge in [-0.15, -0.1) is 0 Å². The quantitative estimate of drug-likeness (QED) is 0.478. The zero-order chi connectivity index (χ0) is 6.81. The van der Waals surface area contributed by atoms with Crippen LogP contribution in [0, 0.1) is 0 Å². The topological polar surface area (TPSA) is 0 Å². The number of hydrogen-bond donors (Lipinski definition) is 0. The first kappa shape index (κ1) is 6.17. The van der Waals surface area contributed by atoms with Gasteiger partial charge in [-0.25, -0.2) is 0 Å². The van der Waals surface area contributed by atoms with Crippen LogP contribution in [0.1, 0.15) is 12.0 Å². The fraction of sp³-hybridized carbons (Fsp3) is 0.333. The van der Waals surface area contributed by atoms with Crippen molar-refractivity contribution in [3.8, 4) is 0 Å². The van der Waals surface area contributed by atoms with Gasteiger partial charge in [0.15, 0.2) is 0 Å². The monoisotopic (exact) mass is 148 g/mol. The van der Waals surface area contributed by atoms with Gasteiger partial charge >= 0.3 is 0 Å². The number of rotatable bonds is 0. The molecule has 0 saturated carbocycles. The van der Waals surface area contributed by atoms with Crippen LogP contribution in [0.4, 0.5) is 0 Å². The normalized spacial score (nSPS) is 18.8. The molecule has 1 aromatic carbocycles. The van der Waals surface area contributed by atoms with Crippen molar-refractivity contribution >= 4 is 14.7 Å². The zero-order valence-electron chi connectivity index (χ0n) is 6.14. The van der Waals surface area contributed by atoms with E-state index in [9.17, 15) is 0 Å². The maximum atomic E-state index is 2.32. The second kappa shape index (κ2) is 2.58. The lowest BCUT2D eigenvalue weighted by molar-refractivity contribution is 0.907. The van der Waals surface area contributed by atoms with Crippen molar-refractivity contribution in [1.82, 2.24) is 0 Å². The number of hydrogen-bond acceptors (Lipinski definition) is 0. The molecule has 0 bridgehead atoms. The van der Waals surface area contributed by atoms with Gasteiger partial charge in [0.25, 0.3) is 0 Å². The van der Waals surface area contributed by atoms with Gasteiger partial charge in [0.05, 0.1) is 9.52 Å². The highest BCUT2D eigenvalue weighted by molar-refractivity contribution is 6.54. The summed E-state index contributed by atoms with van der Waals surface area (Å²) in [6.07, 6.45) is 2.78. The molecule has 0 fully saturated rings. The van der Waals surface area contributed by atoms with Gasteiger partial charge in [0, 0.05) is 0 Å². The standard InChI is InChI=1S/C9H12Si/c1-2-6-9-8(4-1)5-3-7-10-9/h1-2,4,6H,3,5,7,10H2. The van der Waals surface area contributed by atoms with Crippen LogP contribution in [0.15, 0.2) is 24.3 Å². The van der Waals surface area contributed by atoms with Crippen LogP contribution in [-0.2, 0) is 6.42 Å². The Morgan fingerprint density at radius 3 is 3.00 bits per heavy atom. The molecule has 1 aromatic rings. The van der Waals surface area contributed by atoms with Crippen LogP contribution >= 0.6 is 0 Å². The molecule has 1 aliphatic rings. The summed E-state index contributed by atoms with van der Waals surface area (Å²) in [6.45, 7) is 0. The van der Waals surface area contributed by atoms with E-state index in [0.29, 0.717) is 0 Å². The molecule has 2 rings (SSSR count). The minimum absolute atomic E-state index is 0.157. The Kier molecular flexibility index (Phi) is 1.59. The van der Waals surface area contributed by atoms with Crippen LogP contribution in [-0.4, -0.2) is 9.52 Å². The van der Waals surface area contributed by atoms with E-state index in [1.165, 1.54) is 18.9 Å². The molecule has 1 heteroatoms. The average Bonchev–Trinajstić information content (AvgIpc) is 2.05. The summed E-state index contributed by atoms with van der Waals surface area (Å²) < 4.78 is 0. The lowest BCUT2D eigenvalue weighted by Gasteiger charge is -2.13. The Morgan fingerprint density at radius 2 is 2.10 bits per heavy atom.